The number of hydrogen-bond acceptors (Lipinski definition) is 11. The molecule has 0 spiro atoms. The molecule has 5 heterocycles. The number of nitrogens with one attached hydrogen (secondary N) is 2. The van der Waals surface area contributed by atoms with Crippen molar-refractivity contribution in [2.24, 2.45) is 0 Å². The van der Waals surface area contributed by atoms with Crippen LogP contribution in [0.1, 0.15) is 10.4 Å². The Morgan fingerprint density at radius 2 is 2.00 bits per heavy atom. The van der Waals surface area contributed by atoms with Gasteiger partial charge >= 0.3 is 6.01 Å². The van der Waals surface area contributed by atoms with Gasteiger partial charge in [0.25, 0.3) is 5.91 Å². The molecule has 13 heteroatoms. The summed E-state index contributed by atoms with van der Waals surface area (Å²) >= 11 is 1.39. The van der Waals surface area contributed by atoms with Crippen molar-refractivity contribution in [1.82, 2.24) is 35.6 Å². The molecule has 0 aliphatic carbocycles. The molecule has 1 aromatic carbocycles. The van der Waals surface area contributed by atoms with Crippen LogP contribution >= 0.6 is 11.3 Å². The van der Waals surface area contributed by atoms with Crippen LogP contribution in [0, 0.1) is 0 Å². The van der Waals surface area contributed by atoms with Gasteiger partial charge in [-0.2, -0.15) is 5.10 Å². The number of rotatable bonds is 5. The van der Waals surface area contributed by atoms with E-state index < -0.39 is 5.91 Å². The lowest BCUT2D eigenvalue weighted by Gasteiger charge is -2.28. The van der Waals surface area contributed by atoms with Crippen LogP contribution in [-0.2, 0) is 4.74 Å². The molecule has 4 aromatic heterocycles. The molecule has 0 unspecified atom stereocenters. The fourth-order valence-electron chi connectivity index (χ4n) is 3.86. The smallest absolute Gasteiger partial charge is 0.322 e. The number of carbonyl (C=O) groups excluding carboxylic acids is 1. The van der Waals surface area contributed by atoms with E-state index in [4.69, 9.17) is 24.6 Å². The van der Waals surface area contributed by atoms with Crippen LogP contribution in [-0.4, -0.2) is 67.6 Å². The highest BCUT2D eigenvalue weighted by Crippen LogP contribution is 2.40. The van der Waals surface area contributed by atoms with Crippen LogP contribution in [0.4, 0.5) is 5.82 Å². The van der Waals surface area contributed by atoms with Crippen LogP contribution in [0.5, 0.6) is 11.1 Å². The Labute approximate surface area is 201 Å². The normalized spacial score (nSPS) is 13.9. The lowest BCUT2D eigenvalue weighted by molar-refractivity contribution is 0.0705. The summed E-state index contributed by atoms with van der Waals surface area (Å²) in [4.78, 5) is 31.6. The third-order valence-electron chi connectivity index (χ3n) is 5.55. The van der Waals surface area contributed by atoms with Gasteiger partial charge in [-0.1, -0.05) is 23.5 Å². The number of carbonyl (C=O) groups is 1. The number of aromatic amines is 1. The second-order valence-electron chi connectivity index (χ2n) is 7.68. The summed E-state index contributed by atoms with van der Waals surface area (Å²) in [5.74, 6) is 0.694. The molecular formula is C22H18N8O4S. The van der Waals surface area contributed by atoms with Crippen molar-refractivity contribution in [1.29, 1.82) is 0 Å². The van der Waals surface area contributed by atoms with Crippen LogP contribution in [0.25, 0.3) is 32.5 Å². The van der Waals surface area contributed by atoms with Gasteiger partial charge in [0.2, 0.25) is 0 Å². The monoisotopic (exact) mass is 490 g/mol. The van der Waals surface area contributed by atoms with Crippen molar-refractivity contribution < 1.29 is 19.5 Å². The van der Waals surface area contributed by atoms with Crippen molar-refractivity contribution >= 4 is 44.2 Å². The summed E-state index contributed by atoms with van der Waals surface area (Å²) in [5.41, 5.74) is 4.16. The molecule has 0 bridgehead atoms. The van der Waals surface area contributed by atoms with E-state index in [2.05, 4.69) is 25.1 Å². The number of anilines is 1. The first kappa shape index (κ1) is 21.3. The van der Waals surface area contributed by atoms with Gasteiger partial charge in [-0.05, 0) is 6.07 Å². The number of benzene rings is 1. The quantitative estimate of drug-likeness (QED) is 0.248. The maximum atomic E-state index is 11.5. The van der Waals surface area contributed by atoms with Gasteiger partial charge in [0.05, 0.1) is 40.7 Å². The lowest BCUT2D eigenvalue weighted by Crippen LogP contribution is -2.36. The fourth-order valence-corrected chi connectivity index (χ4v) is 4.82. The molecule has 1 aliphatic heterocycles. The summed E-state index contributed by atoms with van der Waals surface area (Å²) in [6, 6.07) is 7.76. The van der Waals surface area contributed by atoms with Crippen molar-refractivity contribution in [3.05, 3.63) is 48.4 Å². The molecule has 0 atom stereocenters. The molecule has 1 amide bonds. The van der Waals surface area contributed by atoms with Crippen LogP contribution in [0.15, 0.2) is 42.9 Å². The third-order valence-corrected chi connectivity index (χ3v) is 6.55. The Bertz CT molecular complexity index is 1530. The fraction of sp³-hybridized carbons (Fsp3) is 0.182. The standard InChI is InChI=1S/C22H18N8O4S/c31-21(29-32)12-9-23-22(24-10-12)34-17-8-16-18(35-17)20(30-4-6-33-7-5-30)27-19(26-16)13-2-1-3-15-14(13)11-25-28-15/h1-3,8-11,32H,4-7H2,(H,25,28)(H,29,31). The first-order valence-corrected chi connectivity index (χ1v) is 11.5. The van der Waals surface area contributed by atoms with Crippen molar-refractivity contribution in [2.45, 2.75) is 0 Å². The van der Waals surface area contributed by atoms with E-state index in [0.717, 1.165) is 32.5 Å². The van der Waals surface area contributed by atoms with Gasteiger partial charge < -0.3 is 14.4 Å². The average molecular weight is 491 g/mol. The highest BCUT2D eigenvalue weighted by Gasteiger charge is 2.22. The third kappa shape index (κ3) is 4.01. The van der Waals surface area contributed by atoms with Gasteiger partial charge in [0.1, 0.15) is 0 Å². The minimum absolute atomic E-state index is 0.0651. The van der Waals surface area contributed by atoms with Gasteiger partial charge in [-0.15, -0.1) is 0 Å². The average Bonchev–Trinajstić information content (AvgIpc) is 3.55. The number of morpholine rings is 1. The molecule has 0 radical (unpaired) electrons. The summed E-state index contributed by atoms with van der Waals surface area (Å²) in [7, 11) is 0. The van der Waals surface area contributed by atoms with Gasteiger partial charge in [0.15, 0.2) is 16.7 Å². The number of H-pyrrole nitrogens is 1. The molecule has 35 heavy (non-hydrogen) atoms. The number of hydroxylamine groups is 1. The van der Waals surface area contributed by atoms with E-state index in [0.29, 0.717) is 37.2 Å². The van der Waals surface area contributed by atoms with Crippen LogP contribution in [0.2, 0.25) is 0 Å². The first-order valence-electron chi connectivity index (χ1n) is 10.7. The predicted molar refractivity (Wildman–Crippen MR) is 127 cm³/mol. The zero-order valence-electron chi connectivity index (χ0n) is 18.1. The lowest BCUT2D eigenvalue weighted by atomic mass is 10.1. The Balaban J connectivity index is 1.42. The maximum Gasteiger partial charge on any atom is 0.322 e. The number of nitrogens with zero attached hydrogens (tertiary/aromatic N) is 6. The van der Waals surface area contributed by atoms with Crippen LogP contribution < -0.4 is 15.1 Å². The zero-order valence-corrected chi connectivity index (χ0v) is 18.9. The van der Waals surface area contributed by atoms with E-state index in [9.17, 15) is 4.79 Å². The zero-order chi connectivity index (χ0) is 23.8. The molecule has 5 aromatic rings. The molecular weight excluding hydrogens is 472 g/mol. The van der Waals surface area contributed by atoms with E-state index in [-0.39, 0.29) is 11.6 Å². The van der Waals surface area contributed by atoms with Crippen molar-refractivity contribution in [3.63, 3.8) is 0 Å². The minimum Gasteiger partial charge on any atom is -0.413 e. The minimum atomic E-state index is -0.705. The summed E-state index contributed by atoms with van der Waals surface area (Å²) < 4.78 is 12.3. The molecule has 6 rings (SSSR count). The number of aromatic nitrogens is 6. The van der Waals surface area contributed by atoms with Gasteiger partial charge in [0, 0.05) is 42.5 Å². The molecule has 12 nitrogen and oxygen atoms in total. The SMILES string of the molecule is O=C(NO)c1cnc(Oc2cc3nc(-c4cccc5[nH]ncc45)nc(N4CCOCC4)c3s2)nc1. The highest BCUT2D eigenvalue weighted by molar-refractivity contribution is 7.21. The summed E-state index contributed by atoms with van der Waals surface area (Å²) in [5, 5.41) is 17.4. The first-order chi connectivity index (χ1) is 17.2. The number of thiophene rings is 1. The van der Waals surface area contributed by atoms with E-state index in [1.54, 1.807) is 11.7 Å². The molecule has 1 fully saturated rings. The topological polar surface area (TPSA) is 151 Å². The van der Waals surface area contributed by atoms with Gasteiger partial charge in [-0.3, -0.25) is 15.1 Å². The number of hydrogen-bond donors (Lipinski definition) is 3. The molecule has 0 saturated carbocycles. The Morgan fingerprint density at radius 3 is 2.80 bits per heavy atom. The Kier molecular flexibility index (Phi) is 5.41. The predicted octanol–water partition coefficient (Wildman–Crippen LogP) is 2.77. The number of ether oxygens (including phenoxy) is 2. The highest BCUT2D eigenvalue weighted by atomic mass is 32.1. The van der Waals surface area contributed by atoms with E-state index in [1.807, 2.05) is 24.3 Å². The summed E-state index contributed by atoms with van der Waals surface area (Å²) in [6.07, 6.45) is 4.31. The molecule has 3 N–H and O–H groups in total. The molecule has 176 valence electrons. The van der Waals surface area contributed by atoms with Gasteiger partial charge in [-0.25, -0.2) is 25.4 Å². The second kappa shape index (κ2) is 8.87. The van der Waals surface area contributed by atoms with Crippen molar-refractivity contribution in [2.75, 3.05) is 31.2 Å². The largest absolute Gasteiger partial charge is 0.413 e. The Morgan fingerprint density at radius 1 is 1.17 bits per heavy atom. The second-order valence-corrected chi connectivity index (χ2v) is 8.70. The number of fused-ring (bicyclic) bond motifs is 2. The molecule has 1 saturated heterocycles. The van der Waals surface area contributed by atoms with Crippen LogP contribution in [0.3, 0.4) is 0 Å². The van der Waals surface area contributed by atoms with E-state index >= 15 is 0 Å². The van der Waals surface area contributed by atoms with Crippen molar-refractivity contribution in [3.8, 4) is 22.5 Å². The summed E-state index contributed by atoms with van der Waals surface area (Å²) in [6.45, 7) is 2.67. The maximum absolute atomic E-state index is 11.5. The Hall–Kier alpha value is -4.20. The molecule has 1 aliphatic rings. The number of amides is 1. The van der Waals surface area contributed by atoms with E-state index in [1.165, 1.54) is 23.7 Å².